The minimum Gasteiger partial charge on any atom is -0.383 e. The van der Waals surface area contributed by atoms with Crippen LogP contribution in [-0.2, 0) is 9.53 Å². The van der Waals surface area contributed by atoms with Crippen LogP contribution < -0.4 is 10.2 Å². The summed E-state index contributed by atoms with van der Waals surface area (Å²) in [5, 5.41) is 9.64. The van der Waals surface area contributed by atoms with Crippen molar-refractivity contribution in [1.29, 1.82) is 0 Å². The number of H-pyrrole nitrogens is 1. The number of nitrogens with zero attached hydrogens (tertiary/aromatic N) is 6. The second-order valence-corrected chi connectivity index (χ2v) is 5.98. The van der Waals surface area contributed by atoms with Gasteiger partial charge >= 0.3 is 0 Å². The average Bonchev–Trinajstić information content (AvgIpc) is 3.22. The number of amides is 1. The van der Waals surface area contributed by atoms with Gasteiger partial charge in [0.1, 0.15) is 12.0 Å². The molecule has 10 nitrogen and oxygen atoms in total. The van der Waals surface area contributed by atoms with Crippen LogP contribution >= 0.6 is 0 Å². The number of aryl methyl sites for hydroxylation is 1. The van der Waals surface area contributed by atoms with E-state index in [1.807, 2.05) is 19.1 Å². The molecule has 0 atom stereocenters. The molecule has 10 heteroatoms. The first kappa shape index (κ1) is 17.0. The lowest BCUT2D eigenvalue weighted by Gasteiger charge is -2.28. The Morgan fingerprint density at radius 1 is 1.26 bits per heavy atom. The molecule has 0 radical (unpaired) electrons. The summed E-state index contributed by atoms with van der Waals surface area (Å²) in [6, 6.07) is 3.75. The van der Waals surface area contributed by atoms with E-state index in [1.165, 1.54) is 6.33 Å². The predicted molar refractivity (Wildman–Crippen MR) is 100 cm³/mol. The summed E-state index contributed by atoms with van der Waals surface area (Å²) in [7, 11) is 1.60. The molecule has 2 N–H and O–H groups in total. The summed E-state index contributed by atoms with van der Waals surface area (Å²) >= 11 is 0. The molecule has 27 heavy (non-hydrogen) atoms. The first-order chi connectivity index (χ1) is 13.2. The maximum absolute atomic E-state index is 12.3. The molecule has 0 saturated heterocycles. The van der Waals surface area contributed by atoms with Gasteiger partial charge in [0, 0.05) is 19.8 Å². The van der Waals surface area contributed by atoms with E-state index in [0.717, 1.165) is 11.3 Å². The number of fused-ring (bicyclic) bond motifs is 1. The highest BCUT2D eigenvalue weighted by molar-refractivity contribution is 6.00. The Morgan fingerprint density at radius 2 is 2.15 bits per heavy atom. The van der Waals surface area contributed by atoms with Gasteiger partial charge in [0.2, 0.25) is 5.91 Å². The van der Waals surface area contributed by atoms with Crippen molar-refractivity contribution in [2.75, 3.05) is 37.0 Å². The van der Waals surface area contributed by atoms with Crippen LogP contribution in [0.4, 0.5) is 11.6 Å². The fourth-order valence-electron chi connectivity index (χ4n) is 2.90. The Morgan fingerprint density at radius 3 is 2.89 bits per heavy atom. The fourth-order valence-corrected chi connectivity index (χ4v) is 2.90. The molecule has 3 aromatic heterocycles. The van der Waals surface area contributed by atoms with Gasteiger partial charge in [-0.2, -0.15) is 5.10 Å². The summed E-state index contributed by atoms with van der Waals surface area (Å²) in [6.45, 7) is 2.92. The van der Waals surface area contributed by atoms with Crippen molar-refractivity contribution in [3.05, 3.63) is 30.4 Å². The average molecular weight is 368 g/mol. The highest BCUT2D eigenvalue weighted by atomic mass is 16.5. The van der Waals surface area contributed by atoms with Gasteiger partial charge in [-0.1, -0.05) is 0 Å². The molecule has 0 spiro atoms. The zero-order chi connectivity index (χ0) is 18.8. The first-order valence-corrected chi connectivity index (χ1v) is 8.41. The third-order valence-electron chi connectivity index (χ3n) is 4.26. The quantitative estimate of drug-likeness (QED) is 0.691. The number of hydrogen-bond donors (Lipinski definition) is 2. The van der Waals surface area contributed by atoms with Gasteiger partial charge in [0.25, 0.3) is 0 Å². The number of aromatic amines is 1. The van der Waals surface area contributed by atoms with Crippen LogP contribution in [0.1, 0.15) is 7.12 Å². The molecule has 0 bridgehead atoms. The van der Waals surface area contributed by atoms with Crippen molar-refractivity contribution < 1.29 is 11.0 Å². The van der Waals surface area contributed by atoms with Crippen molar-refractivity contribution in [2.45, 2.75) is 6.92 Å². The monoisotopic (exact) mass is 368 g/mol. The molecule has 0 unspecified atom stereocenters. The van der Waals surface area contributed by atoms with Crippen molar-refractivity contribution in [2.24, 2.45) is 0 Å². The maximum atomic E-state index is 12.3. The van der Waals surface area contributed by atoms with Crippen LogP contribution in [0.25, 0.3) is 22.8 Å². The van der Waals surface area contributed by atoms with E-state index < -0.39 is 0 Å². The smallest absolute Gasteiger partial charge is 0.247 e. The zero-order valence-electron chi connectivity index (χ0n) is 14.9. The number of hydrogen-bond acceptors (Lipinski definition) is 8. The minimum absolute atomic E-state index is 0. The number of rotatable bonds is 5. The largest absolute Gasteiger partial charge is 0.383 e. The Labute approximate surface area is 156 Å². The summed E-state index contributed by atoms with van der Waals surface area (Å²) in [5.41, 5.74) is 2.94. The van der Waals surface area contributed by atoms with Crippen molar-refractivity contribution >= 4 is 17.5 Å². The van der Waals surface area contributed by atoms with Crippen LogP contribution in [0, 0.1) is 6.92 Å². The fraction of sp³-hybridized carbons (Fsp3) is 0.294. The minimum atomic E-state index is -0.0680. The van der Waals surface area contributed by atoms with E-state index in [4.69, 9.17) is 4.74 Å². The predicted octanol–water partition coefficient (Wildman–Crippen LogP) is 1.28. The molecule has 0 saturated carbocycles. The first-order valence-electron chi connectivity index (χ1n) is 8.41. The van der Waals surface area contributed by atoms with Gasteiger partial charge in [-0.3, -0.25) is 14.8 Å². The lowest BCUT2D eigenvalue weighted by molar-refractivity contribution is -0.117. The molecule has 140 valence electrons. The second-order valence-electron chi connectivity index (χ2n) is 5.98. The third kappa shape index (κ3) is 3.22. The van der Waals surface area contributed by atoms with Gasteiger partial charge in [0.05, 0.1) is 31.6 Å². The second kappa shape index (κ2) is 7.08. The van der Waals surface area contributed by atoms with Crippen LogP contribution in [0.5, 0.6) is 0 Å². The van der Waals surface area contributed by atoms with Gasteiger partial charge in [0.15, 0.2) is 17.5 Å². The van der Waals surface area contributed by atoms with E-state index >= 15 is 0 Å². The number of methoxy groups -OCH3 is 1. The number of aromatic nitrogens is 6. The summed E-state index contributed by atoms with van der Waals surface area (Å²) in [4.78, 5) is 31.7. The number of carbonyl (C=O) groups is 1. The van der Waals surface area contributed by atoms with Crippen LogP contribution in [0.3, 0.4) is 0 Å². The van der Waals surface area contributed by atoms with E-state index in [1.54, 1.807) is 18.2 Å². The zero-order valence-corrected chi connectivity index (χ0v) is 14.9. The third-order valence-corrected chi connectivity index (χ3v) is 4.26. The standard InChI is InChI=1S/C17H18N8O2.H2/c1-10-11(3-4-12(22-10)15-20-9-21-24-15)13-7-18-16-17(23-13)25(5-6-27-2)14(26)8-19-16;/h3-4,7,9H,5-6,8H2,1-2H3,(H,18,19)(H,20,21,24);1H. The summed E-state index contributed by atoms with van der Waals surface area (Å²) < 4.78 is 5.10. The van der Waals surface area contributed by atoms with Crippen molar-refractivity contribution in [3.63, 3.8) is 0 Å². The molecule has 4 heterocycles. The van der Waals surface area contributed by atoms with Crippen LogP contribution in [-0.4, -0.2) is 62.8 Å². The lowest BCUT2D eigenvalue weighted by atomic mass is 10.1. The number of anilines is 2. The maximum Gasteiger partial charge on any atom is 0.247 e. The molecule has 0 aromatic carbocycles. The van der Waals surface area contributed by atoms with Gasteiger partial charge in [-0.25, -0.2) is 19.9 Å². The summed E-state index contributed by atoms with van der Waals surface area (Å²) in [6.07, 6.45) is 3.11. The molecular weight excluding hydrogens is 348 g/mol. The Balaban J connectivity index is 0.00000225. The van der Waals surface area contributed by atoms with E-state index in [9.17, 15) is 4.79 Å². The van der Waals surface area contributed by atoms with E-state index in [-0.39, 0.29) is 13.9 Å². The van der Waals surface area contributed by atoms with Gasteiger partial charge in [-0.05, 0) is 19.1 Å². The van der Waals surface area contributed by atoms with Gasteiger partial charge in [-0.15, -0.1) is 0 Å². The van der Waals surface area contributed by atoms with Crippen molar-refractivity contribution in [3.8, 4) is 22.8 Å². The number of nitrogens with one attached hydrogen (secondary N) is 2. The van der Waals surface area contributed by atoms with Gasteiger partial charge < -0.3 is 10.1 Å². The van der Waals surface area contributed by atoms with E-state index in [2.05, 4.69) is 35.5 Å². The van der Waals surface area contributed by atoms with E-state index in [0.29, 0.717) is 42.0 Å². The Kier molecular flexibility index (Phi) is 4.47. The number of ether oxygens (including phenoxy) is 1. The summed E-state index contributed by atoms with van der Waals surface area (Å²) in [5.74, 6) is 1.61. The SMILES string of the molecule is COCCN1C(=O)CNc2ncc(-c3ccc(-c4ncn[nH]4)nc3C)nc21.[HH]. The normalized spacial score (nSPS) is 13.4. The molecule has 0 aliphatic carbocycles. The molecule has 0 fully saturated rings. The molecular formula is C17H20N8O2. The molecule has 1 aliphatic heterocycles. The molecule has 1 amide bonds. The molecule has 4 rings (SSSR count). The highest BCUT2D eigenvalue weighted by Crippen LogP contribution is 2.30. The number of carbonyl (C=O) groups excluding carboxylic acids is 1. The molecule has 3 aromatic rings. The van der Waals surface area contributed by atoms with Crippen molar-refractivity contribution in [1.82, 2.24) is 30.1 Å². The highest BCUT2D eigenvalue weighted by Gasteiger charge is 2.26. The van der Waals surface area contributed by atoms with Crippen LogP contribution in [0.15, 0.2) is 24.7 Å². The topological polar surface area (TPSA) is 122 Å². The molecule has 1 aliphatic rings. The lowest BCUT2D eigenvalue weighted by Crippen LogP contribution is -2.42. The Bertz CT molecular complexity index is 979. The Hall–Kier alpha value is -3.40. The number of pyridine rings is 1. The van der Waals surface area contributed by atoms with Crippen LogP contribution in [0.2, 0.25) is 0 Å².